The molecule has 4 heteroatoms. The number of amides is 1. The lowest BCUT2D eigenvalue weighted by molar-refractivity contribution is -0.115. The van der Waals surface area contributed by atoms with Crippen LogP contribution in [0.4, 0.5) is 5.00 Å². The fraction of sp³-hybridized carbons (Fsp3) is 0.0588. The van der Waals surface area contributed by atoms with Gasteiger partial charge in [-0.1, -0.05) is 42.5 Å². The molecule has 1 amide bonds. The fourth-order valence-electron chi connectivity index (χ4n) is 2.20. The van der Waals surface area contributed by atoms with Crippen molar-refractivity contribution in [2.75, 3.05) is 5.32 Å². The maximum Gasteiger partial charge on any atom is 0.229 e. The summed E-state index contributed by atoms with van der Waals surface area (Å²) in [4.78, 5) is 12.1. The van der Waals surface area contributed by atoms with Gasteiger partial charge in [-0.15, -0.1) is 11.3 Å². The number of hydrogen-bond donors (Lipinski definition) is 1. The number of carbonyl (C=O) groups is 1. The summed E-state index contributed by atoms with van der Waals surface area (Å²) < 4.78 is 0. The normalized spacial score (nSPS) is 10.2. The van der Waals surface area contributed by atoms with Crippen molar-refractivity contribution in [3.63, 3.8) is 0 Å². The Hall–Kier alpha value is -2.64. The molecule has 1 N–H and O–H groups in total. The lowest BCUT2D eigenvalue weighted by Gasteiger charge is -2.05. The van der Waals surface area contributed by atoms with Gasteiger partial charge in [0.25, 0.3) is 0 Å². The van der Waals surface area contributed by atoms with Crippen LogP contribution < -0.4 is 5.32 Å². The van der Waals surface area contributed by atoms with E-state index in [0.717, 1.165) is 16.3 Å². The lowest BCUT2D eigenvalue weighted by atomic mass is 10.0. The maximum atomic E-state index is 12.1. The molecule has 0 radical (unpaired) electrons. The van der Waals surface area contributed by atoms with Gasteiger partial charge in [-0.2, -0.15) is 5.26 Å². The lowest BCUT2D eigenvalue weighted by Crippen LogP contribution is -2.14. The van der Waals surface area contributed by atoms with Crippen LogP contribution >= 0.6 is 11.3 Å². The molecular weight excluding hydrogens is 280 g/mol. The molecule has 0 unspecified atom stereocenters. The van der Waals surface area contributed by atoms with E-state index in [0.29, 0.717) is 17.0 Å². The van der Waals surface area contributed by atoms with Crippen molar-refractivity contribution in [3.8, 4) is 6.07 Å². The van der Waals surface area contributed by atoms with Crippen molar-refractivity contribution in [1.29, 1.82) is 5.26 Å². The van der Waals surface area contributed by atoms with Crippen molar-refractivity contribution in [2.24, 2.45) is 0 Å². The predicted octanol–water partition coefficient (Wildman–Crippen LogP) is 3.95. The highest BCUT2D eigenvalue weighted by molar-refractivity contribution is 7.14. The van der Waals surface area contributed by atoms with E-state index in [1.54, 1.807) is 11.4 Å². The van der Waals surface area contributed by atoms with Gasteiger partial charge in [-0.3, -0.25) is 4.79 Å². The topological polar surface area (TPSA) is 52.9 Å². The van der Waals surface area contributed by atoms with Crippen LogP contribution in [0.15, 0.2) is 53.9 Å². The van der Waals surface area contributed by atoms with E-state index in [9.17, 15) is 4.79 Å². The second-order valence-corrected chi connectivity index (χ2v) is 5.60. The van der Waals surface area contributed by atoms with Crippen molar-refractivity contribution >= 4 is 33.0 Å². The first-order chi connectivity index (χ1) is 10.3. The predicted molar refractivity (Wildman–Crippen MR) is 85.3 cm³/mol. The highest BCUT2D eigenvalue weighted by Crippen LogP contribution is 2.22. The summed E-state index contributed by atoms with van der Waals surface area (Å²) in [5.74, 6) is -0.107. The third-order valence-corrected chi connectivity index (χ3v) is 4.05. The second-order valence-electron chi connectivity index (χ2n) is 4.68. The first kappa shape index (κ1) is 13.3. The molecule has 0 saturated heterocycles. The number of nitrogens with zero attached hydrogens (tertiary/aromatic N) is 1. The third-order valence-electron chi connectivity index (χ3n) is 3.22. The van der Waals surface area contributed by atoms with E-state index in [1.165, 1.54) is 11.3 Å². The summed E-state index contributed by atoms with van der Waals surface area (Å²) in [5.41, 5.74) is 1.47. The molecule has 0 spiro atoms. The van der Waals surface area contributed by atoms with Crippen molar-refractivity contribution in [1.82, 2.24) is 0 Å². The van der Waals surface area contributed by atoms with E-state index >= 15 is 0 Å². The molecule has 102 valence electrons. The van der Waals surface area contributed by atoms with E-state index in [1.807, 2.05) is 42.5 Å². The Balaban J connectivity index is 1.76. The van der Waals surface area contributed by atoms with Gasteiger partial charge in [0.05, 0.1) is 12.0 Å². The Kier molecular flexibility index (Phi) is 3.67. The molecule has 0 fully saturated rings. The van der Waals surface area contributed by atoms with Gasteiger partial charge in [0.15, 0.2) is 0 Å². The summed E-state index contributed by atoms with van der Waals surface area (Å²) in [7, 11) is 0. The number of rotatable bonds is 3. The maximum absolute atomic E-state index is 12.1. The molecular formula is C17H12N2OS. The van der Waals surface area contributed by atoms with Crippen LogP contribution in [0.25, 0.3) is 10.8 Å². The van der Waals surface area contributed by atoms with Crippen LogP contribution in [0.3, 0.4) is 0 Å². The average molecular weight is 292 g/mol. The number of fused-ring (bicyclic) bond motifs is 1. The molecule has 1 heterocycles. The zero-order chi connectivity index (χ0) is 14.7. The van der Waals surface area contributed by atoms with Gasteiger partial charge in [-0.25, -0.2) is 0 Å². The van der Waals surface area contributed by atoms with Gasteiger partial charge in [0.2, 0.25) is 5.91 Å². The molecule has 1 aromatic heterocycles. The molecule has 0 bridgehead atoms. The Morgan fingerprint density at radius 3 is 2.76 bits per heavy atom. The first-order valence-electron chi connectivity index (χ1n) is 6.51. The van der Waals surface area contributed by atoms with E-state index < -0.39 is 0 Å². The molecule has 0 saturated carbocycles. The summed E-state index contributed by atoms with van der Waals surface area (Å²) in [5, 5.41) is 16.4. The minimum absolute atomic E-state index is 0.107. The molecule has 0 aliphatic rings. The number of nitriles is 1. The molecule has 3 rings (SSSR count). The Bertz CT molecular complexity index is 845. The first-order valence-corrected chi connectivity index (χ1v) is 7.39. The minimum Gasteiger partial charge on any atom is -0.316 e. The molecule has 21 heavy (non-hydrogen) atoms. The SMILES string of the molecule is N#Cc1ccsc1NC(=O)Cc1ccc2ccccc2c1. The monoisotopic (exact) mass is 292 g/mol. The van der Waals surface area contributed by atoms with E-state index in [2.05, 4.69) is 11.4 Å². The smallest absolute Gasteiger partial charge is 0.229 e. The van der Waals surface area contributed by atoms with Crippen molar-refractivity contribution in [3.05, 3.63) is 65.0 Å². The van der Waals surface area contributed by atoms with Crippen molar-refractivity contribution < 1.29 is 4.79 Å². The molecule has 0 aliphatic carbocycles. The molecule has 0 aliphatic heterocycles. The summed E-state index contributed by atoms with van der Waals surface area (Å²) in [6, 6.07) is 17.8. The van der Waals surface area contributed by atoms with Crippen LogP contribution in [-0.4, -0.2) is 5.91 Å². The molecule has 0 atom stereocenters. The summed E-state index contributed by atoms with van der Waals surface area (Å²) >= 11 is 1.36. The van der Waals surface area contributed by atoms with Gasteiger partial charge in [-0.05, 0) is 27.8 Å². The molecule has 3 aromatic rings. The van der Waals surface area contributed by atoms with Crippen LogP contribution in [-0.2, 0) is 11.2 Å². The van der Waals surface area contributed by atoms with Gasteiger partial charge in [0, 0.05) is 0 Å². The average Bonchev–Trinajstić information content (AvgIpc) is 2.94. The van der Waals surface area contributed by atoms with Gasteiger partial charge < -0.3 is 5.32 Å². The molecule has 3 nitrogen and oxygen atoms in total. The zero-order valence-corrected chi connectivity index (χ0v) is 12.0. The van der Waals surface area contributed by atoms with Gasteiger partial charge >= 0.3 is 0 Å². The minimum atomic E-state index is -0.107. The van der Waals surface area contributed by atoms with E-state index in [4.69, 9.17) is 5.26 Å². The number of benzene rings is 2. The zero-order valence-electron chi connectivity index (χ0n) is 11.2. The van der Waals surface area contributed by atoms with Crippen LogP contribution in [0, 0.1) is 11.3 Å². The number of carbonyl (C=O) groups excluding carboxylic acids is 1. The fourth-order valence-corrected chi connectivity index (χ4v) is 2.95. The number of thiophene rings is 1. The number of hydrogen-bond acceptors (Lipinski definition) is 3. The Morgan fingerprint density at radius 2 is 1.95 bits per heavy atom. The highest BCUT2D eigenvalue weighted by atomic mass is 32.1. The van der Waals surface area contributed by atoms with E-state index in [-0.39, 0.29) is 5.91 Å². The van der Waals surface area contributed by atoms with Crippen LogP contribution in [0.2, 0.25) is 0 Å². The summed E-state index contributed by atoms with van der Waals surface area (Å²) in [6.45, 7) is 0. The van der Waals surface area contributed by atoms with Crippen LogP contribution in [0.5, 0.6) is 0 Å². The highest BCUT2D eigenvalue weighted by Gasteiger charge is 2.09. The quantitative estimate of drug-likeness (QED) is 0.794. The molecule has 2 aromatic carbocycles. The summed E-state index contributed by atoms with van der Waals surface area (Å²) in [6.07, 6.45) is 0.299. The largest absolute Gasteiger partial charge is 0.316 e. The second kappa shape index (κ2) is 5.78. The van der Waals surface area contributed by atoms with Gasteiger partial charge in [0.1, 0.15) is 11.1 Å². The Morgan fingerprint density at radius 1 is 1.14 bits per heavy atom. The third kappa shape index (κ3) is 2.93. The Labute approximate surface area is 126 Å². The standard InChI is InChI=1S/C17H12N2OS/c18-11-15-7-8-21-17(15)19-16(20)10-12-5-6-13-3-1-2-4-14(13)9-12/h1-9H,10H2,(H,19,20). The number of nitrogens with one attached hydrogen (secondary N) is 1. The van der Waals surface area contributed by atoms with Crippen molar-refractivity contribution in [2.45, 2.75) is 6.42 Å². The number of anilines is 1. The van der Waals surface area contributed by atoms with Crippen LogP contribution in [0.1, 0.15) is 11.1 Å².